The molecule has 16 heavy (non-hydrogen) atoms. The number of likely N-dealkylation sites (N-methyl/N-ethyl adjacent to an activating group) is 1. The third-order valence-electron chi connectivity index (χ3n) is 2.22. The molecule has 0 heterocycles. The quantitative estimate of drug-likeness (QED) is 0.843. The Morgan fingerprint density at radius 1 is 1.44 bits per heavy atom. The normalized spacial score (nSPS) is 12.8. The van der Waals surface area contributed by atoms with Crippen LogP contribution in [0.2, 0.25) is 0 Å². The largest absolute Gasteiger partial charge is 0.383 e. The fraction of sp³-hybridized carbons (Fsp3) is 0.455. The number of rotatable bonds is 5. The van der Waals surface area contributed by atoms with Crippen LogP contribution in [-0.4, -0.2) is 20.3 Å². The molecule has 1 rings (SSSR count). The van der Waals surface area contributed by atoms with Crippen molar-refractivity contribution < 1.29 is 13.5 Å². The van der Waals surface area contributed by atoms with Gasteiger partial charge < -0.3 is 10.1 Å². The lowest BCUT2D eigenvalue weighted by molar-refractivity contribution is 0.167. The molecule has 0 amide bonds. The van der Waals surface area contributed by atoms with Crippen molar-refractivity contribution in [3.05, 3.63) is 33.8 Å². The molecule has 0 radical (unpaired) electrons. The van der Waals surface area contributed by atoms with Gasteiger partial charge in [-0.25, -0.2) is 8.78 Å². The highest BCUT2D eigenvalue weighted by atomic mass is 79.9. The highest BCUT2D eigenvalue weighted by Gasteiger charge is 2.18. The van der Waals surface area contributed by atoms with E-state index in [1.165, 1.54) is 0 Å². The maximum absolute atomic E-state index is 13.3. The van der Waals surface area contributed by atoms with Gasteiger partial charge in [-0.3, -0.25) is 0 Å². The smallest absolute Gasteiger partial charge is 0.173 e. The van der Waals surface area contributed by atoms with Gasteiger partial charge in [-0.15, -0.1) is 0 Å². The number of hydrogen-bond acceptors (Lipinski definition) is 2. The summed E-state index contributed by atoms with van der Waals surface area (Å²) in [5.41, 5.74) is 0.655. The molecule has 0 aliphatic rings. The number of nitrogens with one attached hydrogen (secondary N) is 1. The van der Waals surface area contributed by atoms with Gasteiger partial charge in [0.1, 0.15) is 0 Å². The van der Waals surface area contributed by atoms with E-state index in [2.05, 4.69) is 21.2 Å². The van der Waals surface area contributed by atoms with Crippen LogP contribution in [0.1, 0.15) is 18.5 Å². The van der Waals surface area contributed by atoms with Crippen molar-refractivity contribution in [3.8, 4) is 0 Å². The molecule has 2 nitrogen and oxygen atoms in total. The summed E-state index contributed by atoms with van der Waals surface area (Å²) >= 11 is 3.06. The lowest BCUT2D eigenvalue weighted by Crippen LogP contribution is -2.25. The molecule has 90 valence electrons. The first-order valence-corrected chi connectivity index (χ1v) is 5.76. The minimum atomic E-state index is -0.864. The van der Waals surface area contributed by atoms with Crippen LogP contribution in [0.5, 0.6) is 0 Å². The van der Waals surface area contributed by atoms with Gasteiger partial charge in [0.2, 0.25) is 0 Å². The Hall–Kier alpha value is -0.520. The second-order valence-electron chi connectivity index (χ2n) is 3.33. The van der Waals surface area contributed by atoms with Gasteiger partial charge in [-0.2, -0.15) is 0 Å². The number of benzene rings is 1. The molecule has 0 spiro atoms. The summed E-state index contributed by atoms with van der Waals surface area (Å²) in [6.07, 6.45) is 0. The SMILES string of the molecule is CCNC(COC)c1ccc(F)c(F)c1Br. The van der Waals surface area contributed by atoms with Crippen LogP contribution < -0.4 is 5.32 Å². The van der Waals surface area contributed by atoms with E-state index in [-0.39, 0.29) is 10.5 Å². The molecule has 1 aromatic rings. The number of halogens is 3. The third kappa shape index (κ3) is 2.99. The van der Waals surface area contributed by atoms with E-state index in [4.69, 9.17) is 4.74 Å². The van der Waals surface area contributed by atoms with Crippen LogP contribution in [0, 0.1) is 11.6 Å². The van der Waals surface area contributed by atoms with E-state index in [0.29, 0.717) is 12.2 Å². The van der Waals surface area contributed by atoms with E-state index in [1.54, 1.807) is 13.2 Å². The molecule has 0 saturated carbocycles. The molecule has 0 saturated heterocycles. The first-order chi connectivity index (χ1) is 7.61. The van der Waals surface area contributed by atoms with Crippen molar-refractivity contribution in [2.45, 2.75) is 13.0 Å². The Balaban J connectivity index is 3.04. The van der Waals surface area contributed by atoms with Crippen LogP contribution in [0.15, 0.2) is 16.6 Å². The topological polar surface area (TPSA) is 21.3 Å². The molecule has 0 aromatic heterocycles. The van der Waals surface area contributed by atoms with Crippen LogP contribution in [0.4, 0.5) is 8.78 Å². The Morgan fingerprint density at radius 2 is 2.12 bits per heavy atom. The average Bonchev–Trinajstić information content (AvgIpc) is 2.26. The number of ether oxygens (including phenoxy) is 1. The number of methoxy groups -OCH3 is 1. The van der Waals surface area contributed by atoms with Crippen LogP contribution in [-0.2, 0) is 4.74 Å². The van der Waals surface area contributed by atoms with E-state index in [0.717, 1.165) is 12.6 Å². The second-order valence-corrected chi connectivity index (χ2v) is 4.12. The van der Waals surface area contributed by atoms with Gasteiger partial charge in [0, 0.05) is 7.11 Å². The minimum absolute atomic E-state index is 0.149. The highest BCUT2D eigenvalue weighted by Crippen LogP contribution is 2.28. The molecule has 5 heteroatoms. The van der Waals surface area contributed by atoms with E-state index < -0.39 is 11.6 Å². The van der Waals surface area contributed by atoms with Crippen LogP contribution >= 0.6 is 15.9 Å². The zero-order valence-electron chi connectivity index (χ0n) is 9.19. The second kappa shape index (κ2) is 6.27. The standard InChI is InChI=1S/C11H14BrF2NO/c1-3-15-9(6-16-2)7-4-5-8(13)11(14)10(7)12/h4-5,9,15H,3,6H2,1-2H3. The van der Waals surface area contributed by atoms with Crippen molar-refractivity contribution in [2.75, 3.05) is 20.3 Å². The molecule has 0 fully saturated rings. The molecule has 1 atom stereocenters. The molecule has 1 N–H and O–H groups in total. The molecular formula is C11H14BrF2NO. The molecule has 0 aliphatic heterocycles. The van der Waals surface area contributed by atoms with Gasteiger partial charge in [-0.05, 0) is 34.1 Å². The van der Waals surface area contributed by atoms with Crippen molar-refractivity contribution in [1.29, 1.82) is 0 Å². The Bertz CT molecular complexity index is 354. The Labute approximate surface area is 102 Å². The van der Waals surface area contributed by atoms with Gasteiger partial charge in [-0.1, -0.05) is 13.0 Å². The predicted octanol–water partition coefficient (Wildman–Crippen LogP) is 3.02. The first-order valence-electron chi connectivity index (χ1n) is 4.97. The summed E-state index contributed by atoms with van der Waals surface area (Å²) in [7, 11) is 1.57. The Kier molecular flexibility index (Phi) is 5.31. The number of hydrogen-bond donors (Lipinski definition) is 1. The lowest BCUT2D eigenvalue weighted by Gasteiger charge is -2.19. The summed E-state index contributed by atoms with van der Waals surface area (Å²) in [5, 5.41) is 3.14. The molecule has 0 bridgehead atoms. The van der Waals surface area contributed by atoms with Gasteiger partial charge >= 0.3 is 0 Å². The maximum atomic E-state index is 13.3. The van der Waals surface area contributed by atoms with E-state index >= 15 is 0 Å². The summed E-state index contributed by atoms with van der Waals surface area (Å²) in [5.74, 6) is -1.72. The van der Waals surface area contributed by atoms with Crippen LogP contribution in [0.25, 0.3) is 0 Å². The van der Waals surface area contributed by atoms with Crippen molar-refractivity contribution in [2.24, 2.45) is 0 Å². The van der Waals surface area contributed by atoms with E-state index in [1.807, 2.05) is 6.92 Å². The van der Waals surface area contributed by atoms with Crippen molar-refractivity contribution in [1.82, 2.24) is 5.32 Å². The third-order valence-corrected chi connectivity index (χ3v) is 3.03. The van der Waals surface area contributed by atoms with Crippen molar-refractivity contribution >= 4 is 15.9 Å². The van der Waals surface area contributed by atoms with Crippen molar-refractivity contribution in [3.63, 3.8) is 0 Å². The zero-order valence-corrected chi connectivity index (χ0v) is 10.8. The summed E-state index contributed by atoms with van der Waals surface area (Å²) in [6.45, 7) is 3.06. The first kappa shape index (κ1) is 13.5. The highest BCUT2D eigenvalue weighted by molar-refractivity contribution is 9.10. The fourth-order valence-corrected chi connectivity index (χ4v) is 2.08. The molecule has 0 aliphatic carbocycles. The van der Waals surface area contributed by atoms with Gasteiger partial charge in [0.15, 0.2) is 11.6 Å². The monoisotopic (exact) mass is 293 g/mol. The molecular weight excluding hydrogens is 280 g/mol. The van der Waals surface area contributed by atoms with Gasteiger partial charge in [0.05, 0.1) is 17.1 Å². The van der Waals surface area contributed by atoms with Crippen LogP contribution in [0.3, 0.4) is 0 Å². The molecule has 1 aromatic carbocycles. The maximum Gasteiger partial charge on any atom is 0.173 e. The summed E-state index contributed by atoms with van der Waals surface area (Å²) in [6, 6.07) is 2.52. The summed E-state index contributed by atoms with van der Waals surface area (Å²) in [4.78, 5) is 0. The minimum Gasteiger partial charge on any atom is -0.383 e. The predicted molar refractivity (Wildman–Crippen MR) is 62.4 cm³/mol. The molecule has 1 unspecified atom stereocenters. The zero-order chi connectivity index (χ0) is 12.1. The lowest BCUT2D eigenvalue weighted by atomic mass is 10.1. The fourth-order valence-electron chi connectivity index (χ4n) is 1.48. The summed E-state index contributed by atoms with van der Waals surface area (Å²) < 4.78 is 31.5. The Morgan fingerprint density at radius 3 is 2.69 bits per heavy atom. The van der Waals surface area contributed by atoms with E-state index in [9.17, 15) is 8.78 Å². The van der Waals surface area contributed by atoms with Gasteiger partial charge in [0.25, 0.3) is 0 Å². The average molecular weight is 294 g/mol.